The minimum atomic E-state index is -1.32. The molecule has 0 radical (unpaired) electrons. The summed E-state index contributed by atoms with van der Waals surface area (Å²) in [5.74, 6) is -5.65. The number of unbranched alkanes of at least 4 members (excludes halogenated alkanes) is 1. The van der Waals surface area contributed by atoms with E-state index in [-0.39, 0.29) is 37.5 Å². The molecule has 0 heterocycles. The summed E-state index contributed by atoms with van der Waals surface area (Å²) in [6, 6.07) is -3.45. The third-order valence-electron chi connectivity index (χ3n) is 5.91. The molecule has 0 bridgehead atoms. The lowest BCUT2D eigenvalue weighted by Crippen LogP contribution is -2.57. The van der Waals surface area contributed by atoms with E-state index in [1.165, 1.54) is 5.48 Å². The number of carboxylic acids is 1. The summed E-state index contributed by atoms with van der Waals surface area (Å²) in [6.45, 7) is 7.75. The highest BCUT2D eigenvalue weighted by Crippen LogP contribution is 2.17. The van der Waals surface area contributed by atoms with Gasteiger partial charge in [-0.3, -0.25) is 34.0 Å². The Labute approximate surface area is 229 Å². The zero-order chi connectivity index (χ0) is 30.1. The highest BCUT2D eigenvalue weighted by molar-refractivity contribution is 5.95. The molecule has 4 atom stereocenters. The first-order valence-corrected chi connectivity index (χ1v) is 13.3. The first-order valence-electron chi connectivity index (χ1n) is 13.3. The van der Waals surface area contributed by atoms with Crippen molar-refractivity contribution in [2.75, 3.05) is 6.54 Å². The molecule has 0 unspecified atom stereocenters. The molecular formula is C25H46N6O8. The zero-order valence-electron chi connectivity index (χ0n) is 23.3. The summed E-state index contributed by atoms with van der Waals surface area (Å²) in [5, 5.41) is 25.6. The predicted molar refractivity (Wildman–Crippen MR) is 142 cm³/mol. The Kier molecular flexibility index (Phi) is 17.3. The van der Waals surface area contributed by atoms with E-state index in [1.807, 2.05) is 27.7 Å². The van der Waals surface area contributed by atoms with E-state index >= 15 is 0 Å². The minimum Gasteiger partial charge on any atom is -0.481 e. The lowest BCUT2D eigenvalue weighted by molar-refractivity contribution is -0.139. The van der Waals surface area contributed by atoms with Crippen LogP contribution < -0.4 is 32.9 Å². The van der Waals surface area contributed by atoms with Crippen molar-refractivity contribution in [1.82, 2.24) is 21.4 Å². The standard InChI is InChI=1S/C25H46N6O8/c1-14(2)11-16(13-20(32)31-39)23(36)30-19(12-15(3)4)25(38)29-18(8-9-21(33)34)24(37)28-17(22(27)35)7-5-6-10-26/h14-19,39H,5-13,26H2,1-4H3,(H2,27,35)(H,28,37)(H,29,38)(H,30,36)(H,31,32)(H,33,34)/t16-,17+,18+,19+/m1/s1. The van der Waals surface area contributed by atoms with Crippen molar-refractivity contribution in [3.8, 4) is 0 Å². The molecule has 0 rings (SSSR count). The van der Waals surface area contributed by atoms with Gasteiger partial charge in [-0.05, 0) is 56.9 Å². The fraction of sp³-hybridized carbons (Fsp3) is 0.760. The third-order valence-corrected chi connectivity index (χ3v) is 5.91. The second-order valence-electron chi connectivity index (χ2n) is 10.5. The van der Waals surface area contributed by atoms with Crippen molar-refractivity contribution < 1.29 is 39.1 Å². The Morgan fingerprint density at radius 2 is 1.28 bits per heavy atom. The van der Waals surface area contributed by atoms with Gasteiger partial charge in [-0.1, -0.05) is 27.7 Å². The highest BCUT2D eigenvalue weighted by Gasteiger charge is 2.32. The van der Waals surface area contributed by atoms with Crippen LogP contribution in [0, 0.1) is 17.8 Å². The second-order valence-corrected chi connectivity index (χ2v) is 10.5. The number of aliphatic carboxylic acids is 1. The van der Waals surface area contributed by atoms with Crippen LogP contribution in [-0.4, -0.2) is 70.5 Å². The average Bonchev–Trinajstić information content (AvgIpc) is 2.83. The van der Waals surface area contributed by atoms with Gasteiger partial charge in [-0.15, -0.1) is 0 Å². The van der Waals surface area contributed by atoms with Crippen LogP contribution in [0.2, 0.25) is 0 Å². The van der Waals surface area contributed by atoms with Crippen molar-refractivity contribution in [3.05, 3.63) is 0 Å². The lowest BCUT2D eigenvalue weighted by atomic mass is 9.92. The van der Waals surface area contributed by atoms with E-state index in [4.69, 9.17) is 21.8 Å². The molecule has 0 saturated carbocycles. The number of nitrogens with two attached hydrogens (primary N) is 2. The van der Waals surface area contributed by atoms with Crippen LogP contribution in [0.1, 0.15) is 79.1 Å². The van der Waals surface area contributed by atoms with Gasteiger partial charge in [0.25, 0.3) is 0 Å². The maximum Gasteiger partial charge on any atom is 0.303 e. The van der Waals surface area contributed by atoms with E-state index in [0.717, 1.165) is 0 Å². The van der Waals surface area contributed by atoms with Crippen LogP contribution in [-0.2, 0) is 28.8 Å². The van der Waals surface area contributed by atoms with Crippen molar-refractivity contribution in [1.29, 1.82) is 0 Å². The fourth-order valence-corrected chi connectivity index (χ4v) is 3.97. The van der Waals surface area contributed by atoms with Gasteiger partial charge in [0, 0.05) is 18.8 Å². The van der Waals surface area contributed by atoms with Crippen LogP contribution in [0.25, 0.3) is 0 Å². The summed E-state index contributed by atoms with van der Waals surface area (Å²) < 4.78 is 0. The minimum absolute atomic E-state index is 0.0387. The number of carbonyl (C=O) groups is 6. The Hall–Kier alpha value is -3.26. The summed E-state index contributed by atoms with van der Waals surface area (Å²) in [7, 11) is 0. The molecule has 0 aromatic heterocycles. The number of carboxylic acid groups (broad SMARTS) is 1. The normalized spacial score (nSPS) is 14.2. The van der Waals surface area contributed by atoms with Gasteiger partial charge < -0.3 is 32.5 Å². The number of hydroxylamine groups is 1. The van der Waals surface area contributed by atoms with Crippen LogP contribution in [0.3, 0.4) is 0 Å². The molecule has 0 aromatic rings. The monoisotopic (exact) mass is 558 g/mol. The van der Waals surface area contributed by atoms with Crippen molar-refractivity contribution >= 4 is 35.5 Å². The molecule has 14 heteroatoms. The van der Waals surface area contributed by atoms with E-state index in [0.29, 0.717) is 25.8 Å². The number of amides is 5. The van der Waals surface area contributed by atoms with Gasteiger partial charge in [-0.2, -0.15) is 0 Å². The number of carbonyl (C=O) groups excluding carboxylic acids is 5. The molecule has 0 aliphatic rings. The number of hydrogen-bond donors (Lipinski definition) is 8. The summed E-state index contributed by atoms with van der Waals surface area (Å²) in [5.41, 5.74) is 12.4. The fourth-order valence-electron chi connectivity index (χ4n) is 3.97. The van der Waals surface area contributed by atoms with E-state index < -0.39 is 66.0 Å². The number of hydrogen-bond acceptors (Lipinski definition) is 8. The van der Waals surface area contributed by atoms with Crippen LogP contribution in [0.5, 0.6) is 0 Å². The largest absolute Gasteiger partial charge is 0.481 e. The molecule has 10 N–H and O–H groups in total. The summed E-state index contributed by atoms with van der Waals surface area (Å²) >= 11 is 0. The predicted octanol–water partition coefficient (Wildman–Crippen LogP) is -0.476. The maximum absolute atomic E-state index is 13.2. The quantitative estimate of drug-likeness (QED) is 0.0546. The first-order chi connectivity index (χ1) is 18.2. The van der Waals surface area contributed by atoms with Gasteiger partial charge in [0.1, 0.15) is 18.1 Å². The molecular weight excluding hydrogens is 512 g/mol. The molecule has 5 amide bonds. The Bertz CT molecular complexity index is 835. The average molecular weight is 559 g/mol. The van der Waals surface area contributed by atoms with Gasteiger partial charge in [-0.25, -0.2) is 5.48 Å². The molecule has 14 nitrogen and oxygen atoms in total. The topological polar surface area (TPSA) is 243 Å². The Morgan fingerprint density at radius 3 is 1.77 bits per heavy atom. The van der Waals surface area contributed by atoms with E-state index in [2.05, 4.69) is 16.0 Å². The van der Waals surface area contributed by atoms with Gasteiger partial charge in [0.15, 0.2) is 0 Å². The highest BCUT2D eigenvalue weighted by atomic mass is 16.5. The van der Waals surface area contributed by atoms with Crippen LogP contribution in [0.15, 0.2) is 0 Å². The zero-order valence-corrected chi connectivity index (χ0v) is 23.3. The smallest absolute Gasteiger partial charge is 0.303 e. The van der Waals surface area contributed by atoms with Crippen LogP contribution >= 0.6 is 0 Å². The van der Waals surface area contributed by atoms with E-state index in [1.54, 1.807) is 0 Å². The molecule has 0 aliphatic heterocycles. The molecule has 0 aromatic carbocycles. The van der Waals surface area contributed by atoms with Crippen molar-refractivity contribution in [3.63, 3.8) is 0 Å². The molecule has 0 saturated heterocycles. The van der Waals surface area contributed by atoms with Gasteiger partial charge >= 0.3 is 5.97 Å². The summed E-state index contributed by atoms with van der Waals surface area (Å²) in [4.78, 5) is 74.0. The lowest BCUT2D eigenvalue weighted by Gasteiger charge is -2.27. The summed E-state index contributed by atoms with van der Waals surface area (Å²) in [6.07, 6.45) is 0.850. The molecule has 0 fully saturated rings. The first kappa shape index (κ1) is 35.7. The SMILES string of the molecule is CC(C)C[C@H](CC(=O)NO)C(=O)N[C@@H](CC(C)C)C(=O)N[C@@H](CCC(=O)O)C(=O)N[C@@H](CCCCN)C(N)=O. The maximum atomic E-state index is 13.2. The number of primary amides is 1. The van der Waals surface area contributed by atoms with Gasteiger partial charge in [0.05, 0.1) is 0 Å². The molecule has 0 aliphatic carbocycles. The van der Waals surface area contributed by atoms with E-state index in [9.17, 15) is 28.8 Å². The third kappa shape index (κ3) is 15.7. The number of rotatable bonds is 20. The van der Waals surface area contributed by atoms with Crippen molar-refractivity contribution in [2.24, 2.45) is 29.2 Å². The van der Waals surface area contributed by atoms with Gasteiger partial charge in [0.2, 0.25) is 29.5 Å². The molecule has 0 spiro atoms. The second kappa shape index (κ2) is 18.9. The molecule has 224 valence electrons. The Morgan fingerprint density at radius 1 is 0.744 bits per heavy atom. The van der Waals surface area contributed by atoms with Crippen molar-refractivity contribution in [2.45, 2.75) is 97.2 Å². The Balaban J connectivity index is 5.77. The van der Waals surface area contributed by atoms with Crippen LogP contribution in [0.4, 0.5) is 0 Å². The number of nitrogens with one attached hydrogen (secondary N) is 4. The molecule has 39 heavy (non-hydrogen) atoms.